The van der Waals surface area contributed by atoms with Crippen molar-refractivity contribution in [3.8, 4) is 0 Å². The summed E-state index contributed by atoms with van der Waals surface area (Å²) in [6, 6.07) is 8.52. The van der Waals surface area contributed by atoms with Crippen molar-refractivity contribution in [3.05, 3.63) is 36.0 Å². The van der Waals surface area contributed by atoms with E-state index in [-0.39, 0.29) is 12.1 Å². The largest absolute Gasteiger partial charge is 0.444 e. The monoisotopic (exact) mass is 366 g/mol. The second kappa shape index (κ2) is 6.44. The average Bonchev–Trinajstić information content (AvgIpc) is 3.22. The number of amides is 1. The SMILES string of the molecule is Cc1ccc2c(c1)nc(NC1CCN(C(=O)OC(C)(C)C)C1)c1cc[nH]c12. The summed E-state index contributed by atoms with van der Waals surface area (Å²) in [4.78, 5) is 22.3. The van der Waals surface area contributed by atoms with Crippen molar-refractivity contribution in [2.24, 2.45) is 0 Å². The van der Waals surface area contributed by atoms with E-state index in [1.165, 1.54) is 5.56 Å². The summed E-state index contributed by atoms with van der Waals surface area (Å²) >= 11 is 0. The topological polar surface area (TPSA) is 70.2 Å². The Bertz CT molecular complexity index is 1000. The van der Waals surface area contributed by atoms with Crippen molar-refractivity contribution in [1.82, 2.24) is 14.9 Å². The number of carbonyl (C=O) groups excluding carboxylic acids is 1. The number of aromatic amines is 1. The van der Waals surface area contributed by atoms with Gasteiger partial charge in [-0.05, 0) is 51.8 Å². The van der Waals surface area contributed by atoms with Gasteiger partial charge in [0.15, 0.2) is 0 Å². The first-order valence-electron chi connectivity index (χ1n) is 9.42. The van der Waals surface area contributed by atoms with Crippen molar-refractivity contribution in [1.29, 1.82) is 0 Å². The number of rotatable bonds is 2. The molecule has 0 radical (unpaired) electrons. The first-order chi connectivity index (χ1) is 12.8. The molecule has 2 N–H and O–H groups in total. The highest BCUT2D eigenvalue weighted by molar-refractivity contribution is 6.08. The Morgan fingerprint density at radius 3 is 2.89 bits per heavy atom. The summed E-state index contributed by atoms with van der Waals surface area (Å²) in [6.45, 7) is 9.05. The predicted molar refractivity (Wildman–Crippen MR) is 108 cm³/mol. The first kappa shape index (κ1) is 17.6. The molecule has 4 rings (SSSR count). The Balaban J connectivity index is 1.57. The number of nitrogens with zero attached hydrogens (tertiary/aromatic N) is 2. The number of anilines is 1. The summed E-state index contributed by atoms with van der Waals surface area (Å²) in [5.74, 6) is 0.861. The molecule has 0 aliphatic carbocycles. The molecule has 0 bridgehead atoms. The number of carbonyl (C=O) groups is 1. The molecule has 1 atom stereocenters. The highest BCUT2D eigenvalue weighted by Gasteiger charge is 2.30. The number of nitrogens with one attached hydrogen (secondary N) is 2. The van der Waals surface area contributed by atoms with E-state index in [0.29, 0.717) is 13.1 Å². The van der Waals surface area contributed by atoms with Crippen molar-refractivity contribution in [2.45, 2.75) is 45.8 Å². The molecule has 6 nitrogen and oxygen atoms in total. The molecular formula is C21H26N4O2. The van der Waals surface area contributed by atoms with Gasteiger partial charge in [-0.15, -0.1) is 0 Å². The van der Waals surface area contributed by atoms with E-state index >= 15 is 0 Å². The normalized spacial score (nSPS) is 17.6. The van der Waals surface area contributed by atoms with Crippen molar-refractivity contribution in [3.63, 3.8) is 0 Å². The van der Waals surface area contributed by atoms with Crippen LogP contribution in [0, 0.1) is 6.92 Å². The van der Waals surface area contributed by atoms with Crippen LogP contribution in [0.2, 0.25) is 0 Å². The van der Waals surface area contributed by atoms with Crippen LogP contribution in [0.25, 0.3) is 21.8 Å². The molecule has 1 aromatic carbocycles. The summed E-state index contributed by atoms with van der Waals surface area (Å²) < 4.78 is 5.49. The van der Waals surface area contributed by atoms with E-state index in [2.05, 4.69) is 35.4 Å². The zero-order chi connectivity index (χ0) is 19.2. The van der Waals surface area contributed by atoms with Gasteiger partial charge in [-0.3, -0.25) is 0 Å². The Morgan fingerprint density at radius 2 is 2.11 bits per heavy atom. The number of H-pyrrole nitrogens is 1. The number of fused-ring (bicyclic) bond motifs is 3. The van der Waals surface area contributed by atoms with E-state index in [4.69, 9.17) is 9.72 Å². The fourth-order valence-electron chi connectivity index (χ4n) is 3.59. The van der Waals surface area contributed by atoms with Crippen LogP contribution < -0.4 is 5.32 Å². The Kier molecular flexibility index (Phi) is 4.21. The fraction of sp³-hybridized carbons (Fsp3) is 0.429. The molecule has 27 heavy (non-hydrogen) atoms. The van der Waals surface area contributed by atoms with Crippen LogP contribution in [0.5, 0.6) is 0 Å². The van der Waals surface area contributed by atoms with Gasteiger partial charge in [-0.1, -0.05) is 12.1 Å². The number of pyridine rings is 1. The second-order valence-corrected chi connectivity index (χ2v) is 8.30. The van der Waals surface area contributed by atoms with Gasteiger partial charge in [-0.25, -0.2) is 9.78 Å². The van der Waals surface area contributed by atoms with Crippen LogP contribution in [0.4, 0.5) is 10.6 Å². The van der Waals surface area contributed by atoms with E-state index in [0.717, 1.165) is 34.0 Å². The molecule has 142 valence electrons. The molecule has 1 aliphatic rings. The van der Waals surface area contributed by atoms with Gasteiger partial charge in [0, 0.05) is 36.1 Å². The van der Waals surface area contributed by atoms with Gasteiger partial charge >= 0.3 is 6.09 Å². The molecule has 1 saturated heterocycles. The smallest absolute Gasteiger partial charge is 0.410 e. The van der Waals surface area contributed by atoms with Crippen LogP contribution in [-0.4, -0.2) is 45.7 Å². The van der Waals surface area contributed by atoms with Gasteiger partial charge in [0.1, 0.15) is 11.4 Å². The molecular weight excluding hydrogens is 340 g/mol. The minimum Gasteiger partial charge on any atom is -0.444 e. The summed E-state index contributed by atoms with van der Waals surface area (Å²) in [6.07, 6.45) is 2.57. The van der Waals surface area contributed by atoms with Gasteiger partial charge in [0.05, 0.1) is 11.0 Å². The van der Waals surface area contributed by atoms with Crippen LogP contribution in [0.15, 0.2) is 30.5 Å². The number of likely N-dealkylation sites (tertiary alicyclic amines) is 1. The quantitative estimate of drug-likeness (QED) is 0.703. The number of aromatic nitrogens is 2. The lowest BCUT2D eigenvalue weighted by Crippen LogP contribution is -2.36. The summed E-state index contributed by atoms with van der Waals surface area (Å²) in [7, 11) is 0. The molecule has 1 amide bonds. The van der Waals surface area contributed by atoms with E-state index < -0.39 is 5.60 Å². The minimum absolute atomic E-state index is 0.158. The van der Waals surface area contributed by atoms with E-state index in [1.54, 1.807) is 4.90 Å². The van der Waals surface area contributed by atoms with E-state index in [9.17, 15) is 4.79 Å². The molecule has 2 aromatic heterocycles. The lowest BCUT2D eigenvalue weighted by Gasteiger charge is -2.24. The Labute approximate surface area is 158 Å². The standard InChI is InChI=1S/C21H26N4O2/c1-13-5-6-15-17(11-13)24-19(16-7-9-22-18(15)16)23-14-8-10-25(12-14)20(26)27-21(2,3)4/h5-7,9,11,14,22H,8,10,12H2,1-4H3,(H,23,24). The minimum atomic E-state index is -0.475. The lowest BCUT2D eigenvalue weighted by molar-refractivity contribution is 0.0293. The van der Waals surface area contributed by atoms with Crippen LogP contribution >= 0.6 is 0 Å². The third kappa shape index (κ3) is 3.56. The van der Waals surface area contributed by atoms with Gasteiger partial charge in [0.2, 0.25) is 0 Å². The maximum atomic E-state index is 12.3. The number of benzene rings is 1. The van der Waals surface area contributed by atoms with Gasteiger partial charge in [0.25, 0.3) is 0 Å². The highest BCUT2D eigenvalue weighted by atomic mass is 16.6. The zero-order valence-electron chi connectivity index (χ0n) is 16.3. The lowest BCUT2D eigenvalue weighted by atomic mass is 10.1. The van der Waals surface area contributed by atoms with Crippen LogP contribution in [0.1, 0.15) is 32.8 Å². The highest BCUT2D eigenvalue weighted by Crippen LogP contribution is 2.30. The Morgan fingerprint density at radius 1 is 1.30 bits per heavy atom. The number of aryl methyl sites for hydroxylation is 1. The second-order valence-electron chi connectivity index (χ2n) is 8.30. The molecule has 0 saturated carbocycles. The molecule has 0 spiro atoms. The third-order valence-corrected chi connectivity index (χ3v) is 4.84. The number of hydrogen-bond donors (Lipinski definition) is 2. The van der Waals surface area contributed by atoms with Crippen molar-refractivity contribution in [2.75, 3.05) is 18.4 Å². The average molecular weight is 366 g/mol. The summed E-state index contributed by atoms with van der Waals surface area (Å²) in [5, 5.41) is 5.74. The maximum Gasteiger partial charge on any atom is 0.410 e. The number of ether oxygens (including phenoxy) is 1. The summed E-state index contributed by atoms with van der Waals surface area (Å²) in [5.41, 5.74) is 2.76. The van der Waals surface area contributed by atoms with Gasteiger partial charge in [-0.2, -0.15) is 0 Å². The van der Waals surface area contributed by atoms with Crippen molar-refractivity contribution < 1.29 is 9.53 Å². The maximum absolute atomic E-state index is 12.3. The molecule has 3 aromatic rings. The van der Waals surface area contributed by atoms with Gasteiger partial charge < -0.3 is 19.9 Å². The molecule has 6 heteroatoms. The molecule has 1 fully saturated rings. The Hall–Kier alpha value is -2.76. The number of hydrogen-bond acceptors (Lipinski definition) is 4. The molecule has 3 heterocycles. The third-order valence-electron chi connectivity index (χ3n) is 4.84. The van der Waals surface area contributed by atoms with Crippen LogP contribution in [-0.2, 0) is 4.74 Å². The van der Waals surface area contributed by atoms with E-state index in [1.807, 2.05) is 33.0 Å². The predicted octanol–water partition coefficient (Wildman–Crippen LogP) is 4.45. The fourth-order valence-corrected chi connectivity index (χ4v) is 3.59. The molecule has 1 unspecified atom stereocenters. The van der Waals surface area contributed by atoms with Crippen LogP contribution in [0.3, 0.4) is 0 Å². The van der Waals surface area contributed by atoms with Crippen molar-refractivity contribution >= 4 is 33.7 Å². The first-order valence-corrected chi connectivity index (χ1v) is 9.42. The molecule has 1 aliphatic heterocycles. The zero-order valence-corrected chi connectivity index (χ0v) is 16.3.